The van der Waals surface area contributed by atoms with Gasteiger partial charge in [-0.3, -0.25) is 57.5 Å². The van der Waals surface area contributed by atoms with Gasteiger partial charge in [0, 0.05) is 92.5 Å². The molecule has 0 fully saturated rings. The summed E-state index contributed by atoms with van der Waals surface area (Å²) < 4.78 is 25.7. The highest BCUT2D eigenvalue weighted by Gasteiger charge is 2.40. The van der Waals surface area contributed by atoms with Crippen molar-refractivity contribution in [3.05, 3.63) is 101 Å². The first-order chi connectivity index (χ1) is 56.3. The number of fused-ring (bicyclic) bond motifs is 1. The van der Waals surface area contributed by atoms with Gasteiger partial charge in [0.25, 0.3) is 0 Å². The smallest absolute Gasteiger partial charge is 0.245 e. The van der Waals surface area contributed by atoms with Gasteiger partial charge in [0.15, 0.2) is 0 Å². The largest absolute Gasteiger partial charge is 0.487 e. The second kappa shape index (κ2) is 47.6. The van der Waals surface area contributed by atoms with Crippen LogP contribution in [-0.4, -0.2) is 257 Å². The second-order valence-corrected chi connectivity index (χ2v) is 33.9. The third-order valence-corrected chi connectivity index (χ3v) is 21.2. The minimum atomic E-state index is -1.24. The number of furan rings is 1. The van der Waals surface area contributed by atoms with Crippen LogP contribution in [0.15, 0.2) is 83.5 Å². The molecule has 10 atom stereocenters. The quantitative estimate of drug-likeness (QED) is 0.0171. The van der Waals surface area contributed by atoms with Gasteiger partial charge in [-0.05, 0) is 154 Å². The van der Waals surface area contributed by atoms with Crippen LogP contribution in [-0.2, 0) is 70.7 Å². The third-order valence-electron chi connectivity index (χ3n) is 20.9. The maximum absolute atomic E-state index is 14.7. The van der Waals surface area contributed by atoms with Gasteiger partial charge in [-0.25, -0.2) is 14.4 Å². The number of rotatable bonds is 47. The highest BCUT2D eigenvalue weighted by molar-refractivity contribution is 6.32. The molecule has 5 rings (SSSR count). The Morgan fingerprint density at radius 2 is 1.18 bits per heavy atom. The van der Waals surface area contributed by atoms with Gasteiger partial charge in [0.2, 0.25) is 70.9 Å². The summed E-state index contributed by atoms with van der Waals surface area (Å²) in [4.78, 5) is 184. The number of anilines is 2. The van der Waals surface area contributed by atoms with E-state index >= 15 is 0 Å². The molecule has 31 nitrogen and oxygen atoms in total. The first kappa shape index (κ1) is 100. The molecule has 3 aromatic carbocycles. The van der Waals surface area contributed by atoms with Crippen LogP contribution in [0.4, 0.5) is 15.9 Å². The predicted molar refractivity (Wildman–Crippen MR) is 459 cm³/mol. The van der Waals surface area contributed by atoms with E-state index in [4.69, 9.17) is 20.8 Å². The Morgan fingerprint density at radius 3 is 1.78 bits per heavy atom. The fourth-order valence-electron chi connectivity index (χ4n) is 13.7. The molecule has 0 saturated heterocycles. The molecule has 5 aromatic rings. The molecule has 662 valence electrons. The van der Waals surface area contributed by atoms with Crippen LogP contribution in [0.2, 0.25) is 5.02 Å². The van der Waals surface area contributed by atoms with Gasteiger partial charge in [-0.1, -0.05) is 107 Å². The summed E-state index contributed by atoms with van der Waals surface area (Å²) in [5, 5.41) is 32.6. The summed E-state index contributed by atoms with van der Waals surface area (Å²) in [5.41, 5.74) is 2.83. The van der Waals surface area contributed by atoms with E-state index in [-0.39, 0.29) is 98.9 Å². The molecule has 8 N–H and O–H groups in total. The van der Waals surface area contributed by atoms with E-state index in [1.165, 1.54) is 104 Å². The molecule has 2 unspecified atom stereocenters. The van der Waals surface area contributed by atoms with E-state index in [0.29, 0.717) is 77.4 Å². The summed E-state index contributed by atoms with van der Waals surface area (Å²) >= 11 is 6.58. The summed E-state index contributed by atoms with van der Waals surface area (Å²) in [7, 11) is 11.8. The summed E-state index contributed by atoms with van der Waals surface area (Å²) in [6.45, 7) is 25.0. The first-order valence-electron chi connectivity index (χ1n) is 41.2. The summed E-state index contributed by atoms with van der Waals surface area (Å²) in [6.07, 6.45) is 1.72. The standard InChI is InChI=1S/C87H130ClFN16O15/c1-23-65(97-74(108)44-70(106)55(12)26-24-29-73(107)91-37-36-90-45-62-32-35-71(120-62)59-30-33-66-63(42-59)79(93-49-92-66)96-61-31-34-72(64(88)43-61)119-48-58-27-25-28-60(89)41-58)84(115)100(17)46-75(109)102(19)67(38-50(2)3)82(113)98-77(53(8)9)86(117)103(20)68(39-51(4)5)81(112)94-56(13)80(111)95-57(14)83(114)104(21)69(40-52(6)7)85(116)101(18)47-76(110)105(22)78(54(10)11)87(118)99(15)16/h25,27-28,30-35,41-43,49-57,65,67-70,77-78,90,106H,23-24,26,29,36-40,44-48H2,1-22H3,(H,91,107)(H,94,112)(H,95,111)(H,97,108)(H,98,113)(H,92,93,96)/t55-,56+,57-,65+,67+,68+,69+,70+,77?,78?/m1/s1. The Morgan fingerprint density at radius 1 is 0.583 bits per heavy atom. The van der Waals surface area contributed by atoms with Crippen molar-refractivity contribution in [3.8, 4) is 17.1 Å². The number of nitrogens with one attached hydrogen (secondary N) is 7. The highest BCUT2D eigenvalue weighted by atomic mass is 35.5. The van der Waals surface area contributed by atoms with E-state index in [1.807, 2.05) is 85.7 Å². The number of aliphatic hydroxyl groups excluding tert-OH is 1. The Hall–Kier alpha value is -10.3. The van der Waals surface area contributed by atoms with Crippen molar-refractivity contribution in [2.75, 3.05) is 87.9 Å². The third kappa shape index (κ3) is 30.1. The van der Waals surface area contributed by atoms with Crippen molar-refractivity contribution in [2.45, 2.75) is 216 Å². The van der Waals surface area contributed by atoms with Crippen LogP contribution >= 0.6 is 11.6 Å². The van der Waals surface area contributed by atoms with Gasteiger partial charge in [0.05, 0.1) is 42.7 Å². The Kier molecular flexibility index (Phi) is 39.8. The number of carbonyl (C=O) groups excluding carboxylic acids is 12. The van der Waals surface area contributed by atoms with E-state index in [1.54, 1.807) is 72.1 Å². The monoisotopic (exact) mass is 1690 g/mol. The van der Waals surface area contributed by atoms with Gasteiger partial charge >= 0.3 is 0 Å². The maximum Gasteiger partial charge on any atom is 0.245 e. The summed E-state index contributed by atoms with van der Waals surface area (Å²) in [5.74, 6) is -6.26. The minimum absolute atomic E-state index is 0.0833. The van der Waals surface area contributed by atoms with Crippen LogP contribution in [0.3, 0.4) is 0 Å². The van der Waals surface area contributed by atoms with Crippen molar-refractivity contribution >= 4 is 105 Å². The van der Waals surface area contributed by atoms with Crippen molar-refractivity contribution in [3.63, 3.8) is 0 Å². The lowest BCUT2D eigenvalue weighted by molar-refractivity contribution is -0.150. The van der Waals surface area contributed by atoms with Crippen LogP contribution in [0.1, 0.15) is 160 Å². The molecule has 12 amide bonds. The molecule has 0 saturated carbocycles. The number of nitrogens with zero attached hydrogens (tertiary/aromatic N) is 9. The molecule has 0 radical (unpaired) electrons. The minimum Gasteiger partial charge on any atom is -0.487 e. The number of ether oxygens (including phenoxy) is 1. The number of benzene rings is 3. The fourth-order valence-corrected chi connectivity index (χ4v) is 14.0. The number of carbonyl (C=O) groups is 12. The molecular weight excluding hydrogens is 1560 g/mol. The Balaban J connectivity index is 1.06. The van der Waals surface area contributed by atoms with Crippen molar-refractivity contribution in [2.24, 2.45) is 35.5 Å². The Bertz CT molecular complexity index is 4310. The Labute approximate surface area is 711 Å². The van der Waals surface area contributed by atoms with Gasteiger partial charge in [-0.2, -0.15) is 0 Å². The molecule has 0 aliphatic rings. The number of aromatic nitrogens is 2. The molecule has 2 aromatic heterocycles. The van der Waals surface area contributed by atoms with E-state index in [0.717, 1.165) is 15.8 Å². The molecule has 2 heterocycles. The molecular formula is C87H130ClFN16O15. The van der Waals surface area contributed by atoms with Gasteiger partial charge < -0.3 is 85.8 Å². The topological polar surface area (TPSA) is 380 Å². The van der Waals surface area contributed by atoms with Crippen molar-refractivity contribution in [1.82, 2.24) is 76.2 Å². The zero-order valence-corrected chi connectivity index (χ0v) is 74.8. The SMILES string of the molecule is CC[C@H](NC(=O)C[C@H](O)[C@H](C)CCCC(=O)NCCNCc1ccc(-c2ccc3ncnc(Nc4ccc(OCc5cccc(F)c5)c(Cl)c4)c3c2)o1)C(=O)N(C)CC(=O)N(C)[C@@H](CC(C)C)C(=O)NC(C(=O)N(C)[C@@H](CC(C)C)C(=O)N[C@@H](C)C(=O)N[C@H](C)C(=O)N(C)[C@@H](CC(C)C)C(=O)N(C)CC(=O)N(C)C(C(=O)N(C)C)C(C)C)C(C)C. The number of likely N-dealkylation sites (N-methyl/N-ethyl adjacent to an activating group) is 7. The lowest BCUT2D eigenvalue weighted by atomic mass is 9.95. The van der Waals surface area contributed by atoms with E-state index in [2.05, 4.69) is 47.2 Å². The summed E-state index contributed by atoms with van der Waals surface area (Å²) in [6, 6.07) is 12.0. The highest BCUT2D eigenvalue weighted by Crippen LogP contribution is 2.34. The lowest BCUT2D eigenvalue weighted by Gasteiger charge is -2.36. The van der Waals surface area contributed by atoms with Gasteiger partial charge in [-0.15, -0.1) is 0 Å². The zero-order valence-electron chi connectivity index (χ0n) is 74.0. The second-order valence-electron chi connectivity index (χ2n) is 33.4. The van der Waals surface area contributed by atoms with Gasteiger partial charge in [0.1, 0.15) is 90.2 Å². The number of hydrogen-bond donors (Lipinski definition) is 8. The fraction of sp³-hybridized carbons (Fsp3) is 0.586. The average Bonchev–Trinajstić information content (AvgIpc) is 1.54. The molecule has 33 heteroatoms. The normalized spacial score (nSPS) is 14.0. The van der Waals surface area contributed by atoms with Crippen LogP contribution in [0.25, 0.3) is 22.2 Å². The molecule has 0 spiro atoms. The van der Waals surface area contributed by atoms with Crippen LogP contribution in [0.5, 0.6) is 5.75 Å². The first-order valence-corrected chi connectivity index (χ1v) is 41.6. The average molecular weight is 1690 g/mol. The van der Waals surface area contributed by atoms with E-state index in [9.17, 15) is 67.0 Å². The number of halogens is 2. The molecule has 0 aliphatic heterocycles. The molecule has 0 aliphatic carbocycles. The lowest BCUT2D eigenvalue weighted by Crippen LogP contribution is -2.60. The molecule has 0 bridgehead atoms. The number of hydrogen-bond acceptors (Lipinski definition) is 19. The van der Waals surface area contributed by atoms with Crippen molar-refractivity contribution < 1.29 is 76.2 Å². The molecule has 120 heavy (non-hydrogen) atoms. The van der Waals surface area contributed by atoms with Crippen molar-refractivity contribution in [1.29, 1.82) is 0 Å². The number of amides is 12. The van der Waals surface area contributed by atoms with Crippen LogP contribution in [0, 0.1) is 41.3 Å². The number of aliphatic hydroxyl groups is 1. The zero-order chi connectivity index (χ0) is 89.9. The van der Waals surface area contributed by atoms with Crippen LogP contribution < -0.4 is 42.0 Å². The maximum atomic E-state index is 14.7. The van der Waals surface area contributed by atoms with E-state index < -0.39 is 126 Å². The predicted octanol–water partition coefficient (Wildman–Crippen LogP) is 7.92.